The second kappa shape index (κ2) is 8.47. The fourth-order valence-electron chi connectivity index (χ4n) is 3.08. The van der Waals surface area contributed by atoms with Gasteiger partial charge in [-0.1, -0.05) is 50.2 Å². The van der Waals surface area contributed by atoms with E-state index in [-0.39, 0.29) is 11.5 Å². The predicted molar refractivity (Wildman–Crippen MR) is 112 cm³/mol. The number of nitro groups is 1. The Bertz CT molecular complexity index is 1000. The van der Waals surface area contributed by atoms with E-state index in [9.17, 15) is 10.1 Å². The Kier molecular flexibility index (Phi) is 5.84. The molecule has 1 aromatic heterocycles. The maximum atomic E-state index is 11.6. The van der Waals surface area contributed by atoms with Crippen molar-refractivity contribution in [2.24, 2.45) is 0 Å². The molecule has 0 saturated heterocycles. The monoisotopic (exact) mass is 377 g/mol. The van der Waals surface area contributed by atoms with E-state index >= 15 is 0 Å². The molecule has 144 valence electrons. The van der Waals surface area contributed by atoms with Crippen LogP contribution in [-0.2, 0) is 12.8 Å². The van der Waals surface area contributed by atoms with Crippen LogP contribution in [0.1, 0.15) is 30.7 Å². The van der Waals surface area contributed by atoms with E-state index in [0.29, 0.717) is 11.6 Å². The van der Waals surface area contributed by atoms with Crippen molar-refractivity contribution in [3.05, 3.63) is 75.5 Å². The molecule has 0 aliphatic rings. The van der Waals surface area contributed by atoms with Crippen LogP contribution in [0.15, 0.2) is 48.5 Å². The van der Waals surface area contributed by atoms with E-state index in [0.717, 1.165) is 35.3 Å². The highest BCUT2D eigenvalue weighted by Crippen LogP contribution is 2.31. The lowest BCUT2D eigenvalue weighted by Crippen LogP contribution is -2.08. The number of para-hydroxylation sites is 2. The summed E-state index contributed by atoms with van der Waals surface area (Å²) in [6.07, 6.45) is 1.65. The fraction of sp³-hybridized carbons (Fsp3) is 0.238. The standard InChI is InChI=1S/C21H23N5O2/c1-4-15-10-6-8-12-17(15)23-20-19(26(27)28)14(3)22-21(25-20)24-18-13-9-7-11-16(18)5-2/h6-13H,4-5H2,1-3H3,(H2,22,23,24,25). The smallest absolute Gasteiger partial charge is 0.332 e. The molecule has 28 heavy (non-hydrogen) atoms. The summed E-state index contributed by atoms with van der Waals surface area (Å²) in [7, 11) is 0. The normalized spacial score (nSPS) is 10.5. The molecule has 0 aliphatic heterocycles. The number of aromatic nitrogens is 2. The zero-order chi connectivity index (χ0) is 20.1. The van der Waals surface area contributed by atoms with Crippen molar-refractivity contribution in [3.8, 4) is 0 Å². The minimum Gasteiger partial charge on any atom is -0.334 e. The van der Waals surface area contributed by atoms with E-state index in [1.165, 1.54) is 0 Å². The zero-order valence-corrected chi connectivity index (χ0v) is 16.2. The van der Waals surface area contributed by atoms with Crippen molar-refractivity contribution in [1.29, 1.82) is 0 Å². The van der Waals surface area contributed by atoms with E-state index in [4.69, 9.17) is 0 Å². The highest BCUT2D eigenvalue weighted by atomic mass is 16.6. The van der Waals surface area contributed by atoms with E-state index in [1.54, 1.807) is 6.92 Å². The number of rotatable bonds is 7. The van der Waals surface area contributed by atoms with Crippen LogP contribution in [0.2, 0.25) is 0 Å². The first-order valence-electron chi connectivity index (χ1n) is 9.26. The van der Waals surface area contributed by atoms with Crippen LogP contribution < -0.4 is 10.6 Å². The Morgan fingerprint density at radius 3 is 1.96 bits per heavy atom. The summed E-state index contributed by atoms with van der Waals surface area (Å²) < 4.78 is 0. The first-order valence-corrected chi connectivity index (χ1v) is 9.26. The first kappa shape index (κ1) is 19.3. The molecule has 7 heteroatoms. The van der Waals surface area contributed by atoms with Gasteiger partial charge < -0.3 is 10.6 Å². The molecule has 7 nitrogen and oxygen atoms in total. The molecular formula is C21H23N5O2. The van der Waals surface area contributed by atoms with Crippen LogP contribution >= 0.6 is 0 Å². The van der Waals surface area contributed by atoms with Gasteiger partial charge in [0.1, 0.15) is 5.69 Å². The molecule has 0 radical (unpaired) electrons. The molecule has 0 unspecified atom stereocenters. The van der Waals surface area contributed by atoms with Crippen LogP contribution in [0.4, 0.5) is 28.8 Å². The van der Waals surface area contributed by atoms with Gasteiger partial charge in [0.2, 0.25) is 11.8 Å². The van der Waals surface area contributed by atoms with Crippen LogP contribution in [0.3, 0.4) is 0 Å². The first-order chi connectivity index (χ1) is 13.5. The molecule has 3 rings (SSSR count). The Morgan fingerprint density at radius 1 is 0.893 bits per heavy atom. The van der Waals surface area contributed by atoms with Crippen molar-refractivity contribution in [2.75, 3.05) is 10.6 Å². The highest BCUT2D eigenvalue weighted by molar-refractivity contribution is 5.71. The Balaban J connectivity index is 2.04. The van der Waals surface area contributed by atoms with Gasteiger partial charge in [0, 0.05) is 11.4 Å². The van der Waals surface area contributed by atoms with Crippen molar-refractivity contribution in [1.82, 2.24) is 9.97 Å². The molecule has 0 spiro atoms. The van der Waals surface area contributed by atoms with Crippen molar-refractivity contribution >= 4 is 28.8 Å². The lowest BCUT2D eigenvalue weighted by molar-refractivity contribution is -0.385. The highest BCUT2D eigenvalue weighted by Gasteiger charge is 2.23. The average molecular weight is 377 g/mol. The number of hydrogen-bond donors (Lipinski definition) is 2. The summed E-state index contributed by atoms with van der Waals surface area (Å²) in [6.45, 7) is 5.72. The van der Waals surface area contributed by atoms with E-state index in [2.05, 4.69) is 27.5 Å². The lowest BCUT2D eigenvalue weighted by Gasteiger charge is -2.14. The SMILES string of the molecule is CCc1ccccc1Nc1nc(C)c([N+](=O)[O-])c(Nc2ccccc2CC)n1. The topological polar surface area (TPSA) is 93.0 Å². The largest absolute Gasteiger partial charge is 0.334 e. The van der Waals surface area contributed by atoms with Gasteiger partial charge >= 0.3 is 5.69 Å². The predicted octanol–water partition coefficient (Wildman–Crippen LogP) is 5.31. The third-order valence-electron chi connectivity index (χ3n) is 4.54. The molecule has 0 fully saturated rings. The van der Waals surface area contributed by atoms with E-state index < -0.39 is 4.92 Å². The number of anilines is 4. The second-order valence-electron chi connectivity index (χ2n) is 6.36. The molecule has 1 heterocycles. The van der Waals surface area contributed by atoms with E-state index in [1.807, 2.05) is 55.5 Å². The van der Waals surface area contributed by atoms with Gasteiger partial charge in [-0.25, -0.2) is 4.98 Å². The van der Waals surface area contributed by atoms with Gasteiger partial charge in [-0.3, -0.25) is 10.1 Å². The van der Waals surface area contributed by atoms with Gasteiger partial charge in [-0.2, -0.15) is 4.98 Å². The summed E-state index contributed by atoms with van der Waals surface area (Å²) in [5, 5.41) is 18.0. The number of hydrogen-bond acceptors (Lipinski definition) is 6. The number of nitrogens with one attached hydrogen (secondary N) is 2. The maximum Gasteiger partial charge on any atom is 0.332 e. The van der Waals surface area contributed by atoms with Gasteiger partial charge in [0.05, 0.1) is 4.92 Å². The Hall–Kier alpha value is -3.48. The maximum absolute atomic E-state index is 11.6. The molecule has 3 aromatic rings. The number of aryl methyl sites for hydroxylation is 3. The summed E-state index contributed by atoms with van der Waals surface area (Å²) in [5.74, 6) is 0.496. The average Bonchev–Trinajstić information content (AvgIpc) is 2.68. The number of nitrogens with zero attached hydrogens (tertiary/aromatic N) is 3. The van der Waals surface area contributed by atoms with Crippen LogP contribution in [0.5, 0.6) is 0 Å². The minimum absolute atomic E-state index is 0.125. The van der Waals surface area contributed by atoms with Crippen molar-refractivity contribution in [3.63, 3.8) is 0 Å². The van der Waals surface area contributed by atoms with Crippen molar-refractivity contribution < 1.29 is 4.92 Å². The summed E-state index contributed by atoms with van der Waals surface area (Å²) in [5.41, 5.74) is 4.03. The molecule has 0 bridgehead atoms. The van der Waals surface area contributed by atoms with Gasteiger partial charge in [0.15, 0.2) is 0 Å². The Morgan fingerprint density at radius 2 is 1.43 bits per heavy atom. The van der Waals surface area contributed by atoms with Crippen molar-refractivity contribution in [2.45, 2.75) is 33.6 Å². The molecule has 0 saturated carbocycles. The second-order valence-corrected chi connectivity index (χ2v) is 6.36. The molecule has 0 aliphatic carbocycles. The molecule has 0 atom stereocenters. The Labute approximate surface area is 164 Å². The van der Waals surface area contributed by atoms with Crippen LogP contribution in [0, 0.1) is 17.0 Å². The third-order valence-corrected chi connectivity index (χ3v) is 4.54. The summed E-state index contributed by atoms with van der Waals surface area (Å²) in [6, 6.07) is 15.6. The summed E-state index contributed by atoms with van der Waals surface area (Å²) >= 11 is 0. The van der Waals surface area contributed by atoms with Gasteiger partial charge in [-0.05, 0) is 43.0 Å². The quantitative estimate of drug-likeness (QED) is 0.428. The number of benzene rings is 2. The molecular weight excluding hydrogens is 354 g/mol. The molecule has 2 aromatic carbocycles. The van der Waals surface area contributed by atoms with Crippen LogP contribution in [0.25, 0.3) is 0 Å². The molecule has 2 N–H and O–H groups in total. The molecule has 0 amide bonds. The summed E-state index contributed by atoms with van der Waals surface area (Å²) in [4.78, 5) is 19.9. The lowest BCUT2D eigenvalue weighted by atomic mass is 10.1. The fourth-order valence-corrected chi connectivity index (χ4v) is 3.08. The minimum atomic E-state index is -0.448. The van der Waals surface area contributed by atoms with Gasteiger partial charge in [-0.15, -0.1) is 0 Å². The zero-order valence-electron chi connectivity index (χ0n) is 16.2. The van der Waals surface area contributed by atoms with Gasteiger partial charge in [0.25, 0.3) is 0 Å². The van der Waals surface area contributed by atoms with Crippen LogP contribution in [-0.4, -0.2) is 14.9 Å². The third kappa shape index (κ3) is 4.09.